The SMILES string of the molecule is CNC(=O)COC(=O)N1CCC(CCc2cccc(Cl)c2)CC1. The molecule has 1 heterocycles. The molecule has 1 aliphatic rings. The van der Waals surface area contributed by atoms with Crippen molar-refractivity contribution < 1.29 is 14.3 Å². The van der Waals surface area contributed by atoms with Crippen LogP contribution >= 0.6 is 11.6 Å². The highest BCUT2D eigenvalue weighted by atomic mass is 35.5. The van der Waals surface area contributed by atoms with Gasteiger partial charge < -0.3 is 15.0 Å². The van der Waals surface area contributed by atoms with Crippen LogP contribution in [-0.4, -0.2) is 43.6 Å². The minimum Gasteiger partial charge on any atom is -0.439 e. The summed E-state index contributed by atoms with van der Waals surface area (Å²) in [7, 11) is 1.52. The molecular formula is C17H23ClN2O3. The topological polar surface area (TPSA) is 58.6 Å². The first-order valence-electron chi connectivity index (χ1n) is 7.95. The zero-order chi connectivity index (χ0) is 16.7. The Hall–Kier alpha value is -1.75. The van der Waals surface area contributed by atoms with Crippen LogP contribution in [0.4, 0.5) is 4.79 Å². The third-order valence-electron chi connectivity index (χ3n) is 4.21. The van der Waals surface area contributed by atoms with Crippen molar-refractivity contribution in [3.05, 3.63) is 34.9 Å². The van der Waals surface area contributed by atoms with Crippen molar-refractivity contribution in [1.82, 2.24) is 10.2 Å². The normalized spacial score (nSPS) is 15.3. The first-order valence-corrected chi connectivity index (χ1v) is 8.33. The van der Waals surface area contributed by atoms with Gasteiger partial charge in [-0.15, -0.1) is 0 Å². The van der Waals surface area contributed by atoms with E-state index in [-0.39, 0.29) is 12.5 Å². The lowest BCUT2D eigenvalue weighted by atomic mass is 9.91. The molecule has 0 aliphatic carbocycles. The molecule has 1 fully saturated rings. The zero-order valence-corrected chi connectivity index (χ0v) is 14.1. The smallest absolute Gasteiger partial charge is 0.410 e. The number of halogens is 1. The molecule has 0 atom stereocenters. The molecule has 1 aromatic rings. The number of carbonyl (C=O) groups is 2. The molecule has 1 aromatic carbocycles. The summed E-state index contributed by atoms with van der Waals surface area (Å²) in [6, 6.07) is 7.96. The largest absolute Gasteiger partial charge is 0.439 e. The highest BCUT2D eigenvalue weighted by Gasteiger charge is 2.23. The summed E-state index contributed by atoms with van der Waals surface area (Å²) in [4.78, 5) is 24.6. The number of likely N-dealkylation sites (N-methyl/N-ethyl adjacent to an activating group) is 1. The molecule has 2 amide bonds. The Kier molecular flexibility index (Phi) is 6.71. The number of aryl methyl sites for hydroxylation is 1. The highest BCUT2D eigenvalue weighted by molar-refractivity contribution is 6.30. The van der Waals surface area contributed by atoms with Crippen LogP contribution in [0.25, 0.3) is 0 Å². The third-order valence-corrected chi connectivity index (χ3v) is 4.44. The van der Waals surface area contributed by atoms with E-state index in [0.717, 1.165) is 30.7 Å². The number of hydrogen-bond donors (Lipinski definition) is 1. The maximum Gasteiger partial charge on any atom is 0.410 e. The number of ether oxygens (including phenoxy) is 1. The van der Waals surface area contributed by atoms with Crippen molar-refractivity contribution in [1.29, 1.82) is 0 Å². The van der Waals surface area contributed by atoms with Crippen LogP contribution in [0, 0.1) is 5.92 Å². The molecule has 2 rings (SSSR count). The average Bonchev–Trinajstić information content (AvgIpc) is 2.58. The summed E-state index contributed by atoms with van der Waals surface area (Å²) < 4.78 is 4.97. The van der Waals surface area contributed by atoms with Gasteiger partial charge in [0, 0.05) is 25.2 Å². The van der Waals surface area contributed by atoms with Crippen molar-refractivity contribution in [2.24, 2.45) is 5.92 Å². The maximum atomic E-state index is 11.9. The molecule has 0 radical (unpaired) electrons. The van der Waals surface area contributed by atoms with Crippen molar-refractivity contribution >= 4 is 23.6 Å². The Labute approximate surface area is 141 Å². The fraction of sp³-hybridized carbons (Fsp3) is 0.529. The molecule has 0 spiro atoms. The van der Waals surface area contributed by atoms with E-state index in [4.69, 9.17) is 16.3 Å². The van der Waals surface area contributed by atoms with Gasteiger partial charge in [-0.05, 0) is 49.3 Å². The van der Waals surface area contributed by atoms with Crippen LogP contribution in [0.15, 0.2) is 24.3 Å². The van der Waals surface area contributed by atoms with Gasteiger partial charge in [0.15, 0.2) is 6.61 Å². The minimum atomic E-state index is -0.401. The summed E-state index contributed by atoms with van der Waals surface area (Å²) in [5.74, 6) is 0.312. The molecule has 5 nitrogen and oxygen atoms in total. The Bertz CT molecular complexity index is 542. The summed E-state index contributed by atoms with van der Waals surface area (Å²) in [5.41, 5.74) is 1.25. The van der Waals surface area contributed by atoms with Crippen molar-refractivity contribution in [3.63, 3.8) is 0 Å². The highest BCUT2D eigenvalue weighted by Crippen LogP contribution is 2.23. The Morgan fingerprint density at radius 1 is 1.35 bits per heavy atom. The number of benzene rings is 1. The van der Waals surface area contributed by atoms with Crippen LogP contribution < -0.4 is 5.32 Å². The van der Waals surface area contributed by atoms with E-state index < -0.39 is 6.09 Å². The van der Waals surface area contributed by atoms with E-state index in [9.17, 15) is 9.59 Å². The number of likely N-dealkylation sites (tertiary alicyclic amines) is 1. The van der Waals surface area contributed by atoms with Crippen LogP contribution in [0.3, 0.4) is 0 Å². The molecular weight excluding hydrogens is 316 g/mol. The summed E-state index contributed by atoms with van der Waals surface area (Å²) in [5, 5.41) is 3.20. The lowest BCUT2D eigenvalue weighted by Gasteiger charge is -2.31. The van der Waals surface area contributed by atoms with Crippen molar-refractivity contribution in [3.8, 4) is 0 Å². The summed E-state index contributed by atoms with van der Waals surface area (Å²) in [6.45, 7) is 1.16. The molecule has 1 saturated heterocycles. The molecule has 0 bridgehead atoms. The second-order valence-corrected chi connectivity index (χ2v) is 6.26. The Morgan fingerprint density at radius 3 is 2.74 bits per heavy atom. The molecule has 1 aliphatic heterocycles. The minimum absolute atomic E-state index is 0.218. The molecule has 0 unspecified atom stereocenters. The fourth-order valence-corrected chi connectivity index (χ4v) is 2.97. The monoisotopic (exact) mass is 338 g/mol. The van der Waals surface area contributed by atoms with E-state index in [1.807, 2.05) is 18.2 Å². The van der Waals surface area contributed by atoms with Gasteiger partial charge in [0.25, 0.3) is 5.91 Å². The van der Waals surface area contributed by atoms with Gasteiger partial charge in [-0.25, -0.2) is 4.79 Å². The van der Waals surface area contributed by atoms with Crippen LogP contribution in [0.2, 0.25) is 5.02 Å². The first-order chi connectivity index (χ1) is 11.1. The summed E-state index contributed by atoms with van der Waals surface area (Å²) in [6.07, 6.45) is 3.64. The number of piperidine rings is 1. The van der Waals surface area contributed by atoms with Gasteiger partial charge in [0.1, 0.15) is 0 Å². The second kappa shape index (κ2) is 8.77. The number of amides is 2. The van der Waals surface area contributed by atoms with E-state index >= 15 is 0 Å². The van der Waals surface area contributed by atoms with Crippen molar-refractivity contribution in [2.45, 2.75) is 25.7 Å². The molecule has 23 heavy (non-hydrogen) atoms. The molecule has 0 saturated carbocycles. The number of carbonyl (C=O) groups excluding carboxylic acids is 2. The standard InChI is InChI=1S/C17H23ClN2O3/c1-19-16(21)12-23-17(22)20-9-7-13(8-10-20)5-6-14-3-2-4-15(18)11-14/h2-4,11,13H,5-10,12H2,1H3,(H,19,21). The maximum absolute atomic E-state index is 11.9. The Balaban J connectivity index is 1.69. The van der Waals surface area contributed by atoms with E-state index in [0.29, 0.717) is 19.0 Å². The molecule has 1 N–H and O–H groups in total. The van der Waals surface area contributed by atoms with Crippen LogP contribution in [-0.2, 0) is 16.0 Å². The zero-order valence-electron chi connectivity index (χ0n) is 13.4. The van der Waals surface area contributed by atoms with Crippen molar-refractivity contribution in [2.75, 3.05) is 26.7 Å². The van der Waals surface area contributed by atoms with Gasteiger partial charge in [-0.3, -0.25) is 4.79 Å². The average molecular weight is 339 g/mol. The molecule has 126 valence electrons. The molecule has 0 aromatic heterocycles. The van der Waals surface area contributed by atoms with Gasteiger partial charge >= 0.3 is 6.09 Å². The quantitative estimate of drug-likeness (QED) is 0.898. The lowest BCUT2D eigenvalue weighted by molar-refractivity contribution is -0.123. The summed E-state index contributed by atoms with van der Waals surface area (Å²) >= 11 is 6.00. The van der Waals surface area contributed by atoms with Gasteiger partial charge in [-0.1, -0.05) is 23.7 Å². The molecule has 6 heteroatoms. The number of rotatable bonds is 5. The van der Waals surface area contributed by atoms with Crippen LogP contribution in [0.1, 0.15) is 24.8 Å². The number of hydrogen-bond acceptors (Lipinski definition) is 3. The lowest BCUT2D eigenvalue weighted by Crippen LogP contribution is -2.40. The predicted octanol–water partition coefficient (Wildman–Crippen LogP) is 2.87. The first kappa shape index (κ1) is 17.6. The number of nitrogens with zero attached hydrogens (tertiary/aromatic N) is 1. The van der Waals surface area contributed by atoms with Crippen LogP contribution in [0.5, 0.6) is 0 Å². The van der Waals surface area contributed by atoms with Gasteiger partial charge in [0.2, 0.25) is 0 Å². The third kappa shape index (κ3) is 5.75. The number of nitrogens with one attached hydrogen (secondary N) is 1. The van der Waals surface area contributed by atoms with E-state index in [2.05, 4.69) is 11.4 Å². The Morgan fingerprint density at radius 2 is 2.09 bits per heavy atom. The predicted molar refractivity (Wildman–Crippen MR) is 89.5 cm³/mol. The van der Waals surface area contributed by atoms with E-state index in [1.165, 1.54) is 12.6 Å². The van der Waals surface area contributed by atoms with Gasteiger partial charge in [0.05, 0.1) is 0 Å². The second-order valence-electron chi connectivity index (χ2n) is 5.83. The fourth-order valence-electron chi connectivity index (χ4n) is 2.76. The van der Waals surface area contributed by atoms with E-state index in [1.54, 1.807) is 4.90 Å². The van der Waals surface area contributed by atoms with Gasteiger partial charge in [-0.2, -0.15) is 0 Å².